The van der Waals surface area contributed by atoms with Crippen LogP contribution in [-0.4, -0.2) is 137 Å². The summed E-state index contributed by atoms with van der Waals surface area (Å²) < 4.78 is 91.2. The molecule has 18 nitrogen and oxygen atoms in total. The van der Waals surface area contributed by atoms with E-state index in [0.29, 0.717) is 44.9 Å². The molecule has 8 aliphatic rings. The number of carbonyl (C=O) groups is 4. The summed E-state index contributed by atoms with van der Waals surface area (Å²) in [6.07, 6.45) is 20.3. The molecule has 2 saturated carbocycles. The molecule has 6 fully saturated rings. The van der Waals surface area contributed by atoms with E-state index in [9.17, 15) is 49.5 Å². The van der Waals surface area contributed by atoms with Crippen molar-refractivity contribution >= 4 is 53.7 Å². The van der Waals surface area contributed by atoms with Crippen LogP contribution in [0.2, 0.25) is 0 Å². The van der Waals surface area contributed by atoms with E-state index in [2.05, 4.69) is 5.32 Å². The van der Waals surface area contributed by atoms with Crippen molar-refractivity contribution in [2.45, 2.75) is 222 Å². The van der Waals surface area contributed by atoms with Crippen molar-refractivity contribution in [2.24, 2.45) is 21.7 Å². The summed E-state index contributed by atoms with van der Waals surface area (Å²) in [5, 5.41) is 21.3. The van der Waals surface area contributed by atoms with Crippen molar-refractivity contribution in [1.29, 1.82) is 0 Å². The molecule has 3 aromatic carbocycles. The van der Waals surface area contributed by atoms with E-state index in [1.807, 2.05) is 45.1 Å². The Labute approximate surface area is 562 Å². The van der Waals surface area contributed by atoms with Crippen molar-refractivity contribution in [2.75, 3.05) is 40.6 Å². The molecule has 0 bridgehead atoms. The molecular weight excluding hydrogens is 1200 g/mol. The van der Waals surface area contributed by atoms with Crippen molar-refractivity contribution in [1.82, 2.24) is 18.2 Å². The Morgan fingerprint density at radius 1 is 0.461 bits per heavy atom. The number of ether oxygens (including phenoxy) is 2. The van der Waals surface area contributed by atoms with Gasteiger partial charge in [0.2, 0.25) is 23.6 Å². The molecule has 89 heavy (non-hydrogen) atoms. The Morgan fingerprint density at radius 2 is 0.742 bits per heavy atom. The molecule has 0 aromatic heterocycles. The SMILES string of the molecule is C.C.C.C.C.C.C.C.COCC1CC2(CC=CC2)C(=O)N1S(=O)(=O)c1ccc(C)cc1.COCC1CC2(CCCC2)C(=O)N1S(=O)(=O)c1ccc(C)cc1.Cc1ccc(S(=O)(=O)N2C(=O)C3(CC=CC3)CC2CO)cc1.O=C1NC(CO)CC12CCCC2.[H-].[HH].[Na+]. The number of allylic oxidation sites excluding steroid dienone is 4. The van der Waals surface area contributed by atoms with E-state index in [1.165, 1.54) is 32.1 Å². The summed E-state index contributed by atoms with van der Waals surface area (Å²) in [6, 6.07) is 18.1. The van der Waals surface area contributed by atoms with E-state index < -0.39 is 70.3 Å². The fraction of sp³-hybridized carbons (Fsp3) is 0.612. The minimum atomic E-state index is -3.93. The summed E-state index contributed by atoms with van der Waals surface area (Å²) in [5.41, 5.74) is 1.02. The molecule has 504 valence electrons. The topological polar surface area (TPSA) is 251 Å². The summed E-state index contributed by atoms with van der Waals surface area (Å²) >= 11 is 0. The van der Waals surface area contributed by atoms with E-state index in [0.717, 1.165) is 74.6 Å². The van der Waals surface area contributed by atoms with Gasteiger partial charge in [0.05, 0.1) is 86.9 Å². The third-order valence-electron chi connectivity index (χ3n) is 17.7. The van der Waals surface area contributed by atoms with Crippen LogP contribution in [0.4, 0.5) is 0 Å². The van der Waals surface area contributed by atoms with Crippen molar-refractivity contribution < 1.29 is 96.5 Å². The number of rotatable bonds is 12. The van der Waals surface area contributed by atoms with E-state index in [4.69, 9.17) is 14.6 Å². The molecule has 3 N–H and O–H groups in total. The second-order valence-corrected chi connectivity index (χ2v) is 28.7. The smallest absolute Gasteiger partial charge is 1.00 e. The van der Waals surface area contributed by atoms with Crippen LogP contribution in [0.25, 0.3) is 0 Å². The minimum Gasteiger partial charge on any atom is -1.00 e. The molecule has 3 aromatic rings. The molecule has 0 radical (unpaired) electrons. The number of carbonyl (C=O) groups excluding carboxylic acids is 4. The molecule has 4 atom stereocenters. The van der Waals surface area contributed by atoms with Gasteiger partial charge in [-0.25, -0.2) is 38.2 Å². The zero-order valence-electron chi connectivity index (χ0n) is 48.5. The molecule has 4 aliphatic heterocycles. The number of nitrogens with one attached hydrogen (secondary N) is 1. The summed E-state index contributed by atoms with van der Waals surface area (Å²) in [7, 11) is -8.56. The monoisotopic (exact) mass is 1320 g/mol. The maximum atomic E-state index is 13.0. The first kappa shape index (κ1) is 86.8. The van der Waals surface area contributed by atoms with E-state index in [-0.39, 0.29) is 162 Å². The molecule has 22 heteroatoms. The van der Waals surface area contributed by atoms with Crippen molar-refractivity contribution in [3.63, 3.8) is 0 Å². The number of sulfonamides is 3. The number of aryl methyl sites for hydroxylation is 3. The number of hydrogen-bond donors (Lipinski definition) is 3. The van der Waals surface area contributed by atoms with Gasteiger partial charge in [0.25, 0.3) is 30.1 Å². The van der Waals surface area contributed by atoms with Gasteiger partial charge in [-0.05, 0) is 134 Å². The Bertz CT molecular complexity index is 3060. The van der Waals surface area contributed by atoms with Gasteiger partial charge < -0.3 is 26.4 Å². The van der Waals surface area contributed by atoms with Gasteiger partial charge in [0, 0.05) is 15.6 Å². The second kappa shape index (κ2) is 35.1. The Balaban J connectivity index is -0.000000543. The molecule has 4 spiro atoms. The molecular formula is C67H113N4NaO14S3. The molecule has 11 rings (SSSR count). The number of benzene rings is 3. The Morgan fingerprint density at radius 3 is 1.03 bits per heavy atom. The quantitative estimate of drug-likeness (QED) is 0.113. The minimum absolute atomic E-state index is 0. The molecule has 4 unspecified atom stereocenters. The fourth-order valence-electron chi connectivity index (χ4n) is 13.3. The van der Waals surface area contributed by atoms with Crippen LogP contribution in [0.3, 0.4) is 0 Å². The number of methoxy groups -OCH3 is 2. The van der Waals surface area contributed by atoms with Crippen molar-refractivity contribution in [3.8, 4) is 0 Å². The third kappa shape index (κ3) is 17.3. The summed E-state index contributed by atoms with van der Waals surface area (Å²) in [5.74, 6) is -0.751. The van der Waals surface area contributed by atoms with Crippen LogP contribution in [0.5, 0.6) is 0 Å². The maximum absolute atomic E-state index is 13.0. The predicted octanol–water partition coefficient (Wildman–Crippen LogP) is 9.25. The van der Waals surface area contributed by atoms with Gasteiger partial charge in [-0.1, -0.05) is 162 Å². The number of aliphatic hydroxyl groups is 2. The third-order valence-corrected chi connectivity index (χ3v) is 23.2. The summed E-state index contributed by atoms with van der Waals surface area (Å²) in [6.45, 7) is 5.87. The first-order valence-electron chi connectivity index (χ1n) is 27.8. The first-order chi connectivity index (χ1) is 38.0. The second-order valence-electron chi connectivity index (χ2n) is 23.3. The predicted molar refractivity (Wildman–Crippen MR) is 356 cm³/mol. The van der Waals surface area contributed by atoms with Crippen LogP contribution in [0, 0.1) is 42.4 Å². The van der Waals surface area contributed by atoms with Gasteiger partial charge in [-0.2, -0.15) is 0 Å². The van der Waals surface area contributed by atoms with Crippen LogP contribution in [0.15, 0.2) is 112 Å². The first-order valence-corrected chi connectivity index (χ1v) is 32.1. The van der Waals surface area contributed by atoms with Gasteiger partial charge >= 0.3 is 29.6 Å². The Kier molecular flexibility index (Phi) is 34.2. The van der Waals surface area contributed by atoms with E-state index in [1.54, 1.807) is 67.8 Å². The number of hydrogen-bond acceptors (Lipinski definition) is 14. The van der Waals surface area contributed by atoms with Gasteiger partial charge in [0.15, 0.2) is 0 Å². The molecule has 4 aliphatic carbocycles. The Hall–Kier alpha value is -4.29. The fourth-order valence-corrected chi connectivity index (χ4v) is 18.3. The van der Waals surface area contributed by atoms with Crippen molar-refractivity contribution in [3.05, 3.63) is 114 Å². The average molecular weight is 1320 g/mol. The zero-order valence-corrected chi connectivity index (χ0v) is 52.0. The largest absolute Gasteiger partial charge is 1.00 e. The molecule has 4 heterocycles. The summed E-state index contributed by atoms with van der Waals surface area (Å²) in [4.78, 5) is 50.7. The number of aliphatic hydroxyl groups excluding tert-OH is 2. The van der Waals surface area contributed by atoms with Crippen LogP contribution in [0.1, 0.15) is 182 Å². The normalized spacial score (nSPS) is 22.4. The average Bonchev–Trinajstić information content (AvgIpc) is 1.63. The standard InChI is InChI=1S/C17H23NO4S.C17H21NO4S.C16H19NO4S.C9H15NO2.8CH4.Na.H2.H/c2*1-13-5-7-15(8-6-13)23(20,21)18-14(12-22-2)11-17(16(18)19)9-3-4-10-17;1-12-4-6-14(7-5-12)22(20,21)17-13(11-18)10-16(15(17)19)8-2-3-9-16;11-6-7-5-9(8(12)10-7)3-1-2-4-9;;;;;;;;;;;/h5-8,14H,3-4,9-12H2,1-2H3;3-8,14H,9-12H2,1-2H3;2-7,13,18H,8-11H2,1H3;7,11H,1-6H2,(H,10,12);8*1H4;;1H;/q;;;;;;;;;;;;+1;;-1. The van der Waals surface area contributed by atoms with Gasteiger partial charge in [-0.15, -0.1) is 0 Å². The number of nitrogens with zero attached hydrogens (tertiary/aromatic N) is 3. The van der Waals surface area contributed by atoms with Crippen LogP contribution < -0.4 is 34.9 Å². The number of amides is 4. The maximum Gasteiger partial charge on any atom is 1.00 e. The van der Waals surface area contributed by atoms with Crippen LogP contribution in [-0.2, 0) is 58.7 Å². The van der Waals surface area contributed by atoms with Crippen LogP contribution >= 0.6 is 0 Å². The zero-order chi connectivity index (χ0) is 57.9. The van der Waals surface area contributed by atoms with Gasteiger partial charge in [0.1, 0.15) is 0 Å². The van der Waals surface area contributed by atoms with Gasteiger partial charge in [-0.3, -0.25) is 19.2 Å². The van der Waals surface area contributed by atoms with E-state index >= 15 is 0 Å². The molecule has 4 amide bonds. The molecule has 4 saturated heterocycles.